The van der Waals surface area contributed by atoms with E-state index in [-0.39, 0.29) is 11.9 Å². The number of hydrogen-bond donors (Lipinski definition) is 1. The predicted octanol–water partition coefficient (Wildman–Crippen LogP) is 4.44. The molecule has 0 aliphatic carbocycles. The minimum atomic E-state index is -0.188. The van der Waals surface area contributed by atoms with Gasteiger partial charge in [-0.15, -0.1) is 0 Å². The van der Waals surface area contributed by atoms with Crippen molar-refractivity contribution >= 4 is 17.4 Å². The van der Waals surface area contributed by atoms with Crippen LogP contribution in [0.25, 0.3) is 11.4 Å². The second-order valence-electron chi connectivity index (χ2n) is 6.48. The Balaban J connectivity index is 2.04. The molecule has 0 aliphatic heterocycles. The second-order valence-corrected chi connectivity index (χ2v) is 6.48. The maximum absolute atomic E-state index is 12.7. The van der Waals surface area contributed by atoms with Gasteiger partial charge in [0.15, 0.2) is 5.82 Å². The lowest BCUT2D eigenvalue weighted by atomic mass is 10.2. The molecule has 1 heterocycles. The summed E-state index contributed by atoms with van der Waals surface area (Å²) >= 11 is 0. The molecule has 1 aromatic heterocycles. The zero-order valence-corrected chi connectivity index (χ0v) is 15.9. The first-order valence-electron chi connectivity index (χ1n) is 9.12. The van der Waals surface area contributed by atoms with Gasteiger partial charge in [-0.3, -0.25) is 4.79 Å². The summed E-state index contributed by atoms with van der Waals surface area (Å²) in [4.78, 5) is 23.9. The topological polar surface area (TPSA) is 58.1 Å². The van der Waals surface area contributed by atoms with Crippen molar-refractivity contribution in [2.75, 3.05) is 11.9 Å². The zero-order chi connectivity index (χ0) is 19.2. The van der Waals surface area contributed by atoms with Crippen LogP contribution in [-0.4, -0.2) is 29.0 Å². The smallest absolute Gasteiger partial charge is 0.270 e. The Kier molecular flexibility index (Phi) is 5.81. The van der Waals surface area contributed by atoms with Crippen LogP contribution in [-0.2, 0) is 0 Å². The van der Waals surface area contributed by atoms with Crippen molar-refractivity contribution in [2.24, 2.45) is 0 Å². The maximum atomic E-state index is 12.7. The number of para-hydroxylation sites is 1. The standard InChI is InChI=1S/C22H24N4O/c1-4-16(2)23-22(27)19-15-20(26(3)18-13-9-6-10-14-18)25-21(24-19)17-11-7-5-8-12-17/h5-16H,4H2,1-3H3,(H,23,27). The van der Waals surface area contributed by atoms with Gasteiger partial charge in [0.25, 0.3) is 5.91 Å². The van der Waals surface area contributed by atoms with Crippen LogP contribution in [0.15, 0.2) is 66.7 Å². The number of benzene rings is 2. The highest BCUT2D eigenvalue weighted by molar-refractivity contribution is 5.93. The first kappa shape index (κ1) is 18.6. The van der Waals surface area contributed by atoms with Gasteiger partial charge in [-0.2, -0.15) is 0 Å². The Morgan fingerprint density at radius 2 is 1.67 bits per heavy atom. The first-order valence-corrected chi connectivity index (χ1v) is 9.12. The van der Waals surface area contributed by atoms with Crippen LogP contribution in [0.3, 0.4) is 0 Å². The Hall–Kier alpha value is -3.21. The van der Waals surface area contributed by atoms with E-state index in [1.807, 2.05) is 86.5 Å². The van der Waals surface area contributed by atoms with E-state index in [9.17, 15) is 4.79 Å². The molecule has 0 aliphatic rings. The molecule has 0 fully saturated rings. The molecule has 1 atom stereocenters. The van der Waals surface area contributed by atoms with Crippen molar-refractivity contribution in [1.29, 1.82) is 0 Å². The van der Waals surface area contributed by atoms with E-state index < -0.39 is 0 Å². The van der Waals surface area contributed by atoms with Crippen LogP contribution in [0, 0.1) is 0 Å². The molecule has 3 rings (SSSR count). The third-order valence-electron chi connectivity index (χ3n) is 4.45. The summed E-state index contributed by atoms with van der Waals surface area (Å²) in [5.41, 5.74) is 2.23. The quantitative estimate of drug-likeness (QED) is 0.706. The van der Waals surface area contributed by atoms with Crippen LogP contribution in [0.5, 0.6) is 0 Å². The monoisotopic (exact) mass is 360 g/mol. The number of carbonyl (C=O) groups is 1. The average molecular weight is 360 g/mol. The normalized spacial score (nSPS) is 11.7. The summed E-state index contributed by atoms with van der Waals surface area (Å²) < 4.78 is 0. The third kappa shape index (κ3) is 4.50. The molecule has 1 N–H and O–H groups in total. The van der Waals surface area contributed by atoms with Crippen molar-refractivity contribution in [3.05, 3.63) is 72.4 Å². The molecule has 0 bridgehead atoms. The van der Waals surface area contributed by atoms with Gasteiger partial charge in [-0.1, -0.05) is 55.5 Å². The summed E-state index contributed by atoms with van der Waals surface area (Å²) in [5.74, 6) is 1.01. The Labute approximate surface area is 160 Å². The highest BCUT2D eigenvalue weighted by Crippen LogP contribution is 2.25. The van der Waals surface area contributed by atoms with Crippen molar-refractivity contribution in [2.45, 2.75) is 26.3 Å². The number of rotatable bonds is 6. The van der Waals surface area contributed by atoms with E-state index in [0.717, 1.165) is 17.7 Å². The van der Waals surface area contributed by atoms with E-state index in [1.165, 1.54) is 0 Å². The number of anilines is 2. The van der Waals surface area contributed by atoms with Crippen molar-refractivity contribution in [3.8, 4) is 11.4 Å². The highest BCUT2D eigenvalue weighted by atomic mass is 16.1. The fourth-order valence-electron chi connectivity index (χ4n) is 2.62. The van der Waals surface area contributed by atoms with E-state index in [4.69, 9.17) is 4.98 Å². The molecule has 0 radical (unpaired) electrons. The molecule has 5 nitrogen and oxygen atoms in total. The lowest BCUT2D eigenvalue weighted by Crippen LogP contribution is -2.32. The van der Waals surface area contributed by atoms with Crippen molar-refractivity contribution < 1.29 is 4.79 Å². The molecule has 138 valence electrons. The van der Waals surface area contributed by atoms with Gasteiger partial charge in [0.1, 0.15) is 11.5 Å². The van der Waals surface area contributed by atoms with E-state index in [0.29, 0.717) is 17.3 Å². The van der Waals surface area contributed by atoms with Crippen LogP contribution in [0.1, 0.15) is 30.8 Å². The molecular formula is C22H24N4O. The fourth-order valence-corrected chi connectivity index (χ4v) is 2.62. The highest BCUT2D eigenvalue weighted by Gasteiger charge is 2.17. The number of carbonyl (C=O) groups excluding carboxylic acids is 1. The molecule has 2 aromatic carbocycles. The molecular weight excluding hydrogens is 336 g/mol. The number of aromatic nitrogens is 2. The van der Waals surface area contributed by atoms with E-state index in [1.54, 1.807) is 6.07 Å². The van der Waals surface area contributed by atoms with Gasteiger partial charge >= 0.3 is 0 Å². The van der Waals surface area contributed by atoms with Gasteiger partial charge in [0.2, 0.25) is 0 Å². The second kappa shape index (κ2) is 8.45. The van der Waals surface area contributed by atoms with Crippen LogP contribution in [0.4, 0.5) is 11.5 Å². The average Bonchev–Trinajstić information content (AvgIpc) is 2.74. The predicted molar refractivity (Wildman–Crippen MR) is 109 cm³/mol. The zero-order valence-electron chi connectivity index (χ0n) is 15.9. The number of amides is 1. The fraction of sp³-hybridized carbons (Fsp3) is 0.227. The Morgan fingerprint density at radius 3 is 2.30 bits per heavy atom. The van der Waals surface area contributed by atoms with Crippen molar-refractivity contribution in [3.63, 3.8) is 0 Å². The largest absolute Gasteiger partial charge is 0.348 e. The van der Waals surface area contributed by atoms with Gasteiger partial charge in [-0.25, -0.2) is 9.97 Å². The lowest BCUT2D eigenvalue weighted by molar-refractivity contribution is 0.0934. The van der Waals surface area contributed by atoms with Gasteiger partial charge in [-0.05, 0) is 25.5 Å². The summed E-state index contributed by atoms with van der Waals surface area (Å²) in [5, 5.41) is 2.98. The van der Waals surface area contributed by atoms with Gasteiger partial charge in [0.05, 0.1) is 0 Å². The Morgan fingerprint density at radius 1 is 1.04 bits per heavy atom. The molecule has 1 unspecified atom stereocenters. The molecule has 1 amide bonds. The molecule has 0 saturated carbocycles. The lowest BCUT2D eigenvalue weighted by Gasteiger charge is -2.20. The molecule has 0 spiro atoms. The van der Waals surface area contributed by atoms with Gasteiger partial charge in [0, 0.05) is 30.4 Å². The summed E-state index contributed by atoms with van der Waals surface area (Å²) in [6.07, 6.45) is 0.860. The molecule has 3 aromatic rings. The molecule has 5 heteroatoms. The minimum Gasteiger partial charge on any atom is -0.348 e. The third-order valence-corrected chi connectivity index (χ3v) is 4.45. The molecule has 27 heavy (non-hydrogen) atoms. The number of nitrogens with one attached hydrogen (secondary N) is 1. The maximum Gasteiger partial charge on any atom is 0.270 e. The van der Waals surface area contributed by atoms with E-state index in [2.05, 4.69) is 10.3 Å². The number of nitrogens with zero attached hydrogens (tertiary/aromatic N) is 3. The SMILES string of the molecule is CCC(C)NC(=O)c1cc(N(C)c2ccccc2)nc(-c2ccccc2)n1. The summed E-state index contributed by atoms with van der Waals surface area (Å²) in [7, 11) is 1.93. The van der Waals surface area contributed by atoms with Crippen LogP contribution >= 0.6 is 0 Å². The summed E-state index contributed by atoms with van der Waals surface area (Å²) in [6, 6.07) is 21.4. The minimum absolute atomic E-state index is 0.0861. The Bertz CT molecular complexity index is 897. The first-order chi connectivity index (χ1) is 13.1. The number of hydrogen-bond acceptors (Lipinski definition) is 4. The van der Waals surface area contributed by atoms with Gasteiger partial charge < -0.3 is 10.2 Å². The summed E-state index contributed by atoms with van der Waals surface area (Å²) in [6.45, 7) is 4.02. The van der Waals surface area contributed by atoms with E-state index >= 15 is 0 Å². The molecule has 0 saturated heterocycles. The van der Waals surface area contributed by atoms with Crippen molar-refractivity contribution in [1.82, 2.24) is 15.3 Å². The van der Waals surface area contributed by atoms with Crippen LogP contribution < -0.4 is 10.2 Å². The van der Waals surface area contributed by atoms with Crippen LogP contribution in [0.2, 0.25) is 0 Å².